The van der Waals surface area contributed by atoms with Crippen molar-refractivity contribution in [3.05, 3.63) is 21.3 Å². The minimum Gasteiger partial charge on any atom is -0.203 e. The second-order valence-electron chi connectivity index (χ2n) is 3.18. The molecule has 0 saturated heterocycles. The zero-order chi connectivity index (χ0) is 9.42. The summed E-state index contributed by atoms with van der Waals surface area (Å²) in [5.41, 5.74) is 0. The summed E-state index contributed by atoms with van der Waals surface area (Å²) in [6.45, 7) is 0. The zero-order valence-corrected chi connectivity index (χ0v) is 8.88. The Hall–Kier alpha value is -0.330. The van der Waals surface area contributed by atoms with Gasteiger partial charge in [-0.15, -0.1) is 0 Å². The molecule has 0 aromatic carbocycles. The normalized spacial score (nSPS) is 16.2. The van der Waals surface area contributed by atoms with Gasteiger partial charge in [-0.25, -0.2) is 9.97 Å². The first kappa shape index (κ1) is 9.23. The lowest BCUT2D eigenvalue weighted by atomic mass is 10.3. The summed E-state index contributed by atoms with van der Waals surface area (Å²) in [6, 6.07) is 0. The van der Waals surface area contributed by atoms with Crippen LogP contribution in [0.4, 0.5) is 8.78 Å². The quantitative estimate of drug-likeness (QED) is 0.618. The van der Waals surface area contributed by atoms with Crippen LogP contribution in [0.25, 0.3) is 0 Å². The molecule has 0 atom stereocenters. The highest BCUT2D eigenvalue weighted by Gasteiger charge is 2.24. The number of nitrogens with zero attached hydrogens (tertiary/aromatic N) is 2. The average Bonchev–Trinajstić information content (AvgIpc) is 2.84. The highest BCUT2D eigenvalue weighted by atomic mass is 127. The van der Waals surface area contributed by atoms with Crippen molar-refractivity contribution in [1.82, 2.24) is 9.97 Å². The fourth-order valence-electron chi connectivity index (χ4n) is 1.11. The third-order valence-electron chi connectivity index (χ3n) is 1.98. The fraction of sp³-hybridized carbons (Fsp3) is 0.500. The van der Waals surface area contributed by atoms with Crippen LogP contribution in [0.1, 0.15) is 18.7 Å². The summed E-state index contributed by atoms with van der Waals surface area (Å²) in [7, 11) is 0. The zero-order valence-electron chi connectivity index (χ0n) is 6.73. The van der Waals surface area contributed by atoms with Gasteiger partial charge in [0, 0.05) is 6.42 Å². The van der Waals surface area contributed by atoms with E-state index in [1.807, 2.05) is 0 Å². The molecule has 0 radical (unpaired) electrons. The van der Waals surface area contributed by atoms with E-state index in [0.29, 0.717) is 12.3 Å². The minimum absolute atomic E-state index is 0.128. The molecular formula is C8H7F2IN2. The summed E-state index contributed by atoms with van der Waals surface area (Å²) >= 11 is 1.56. The molecule has 1 saturated carbocycles. The van der Waals surface area contributed by atoms with E-state index < -0.39 is 11.9 Å². The van der Waals surface area contributed by atoms with Crippen LogP contribution in [0.2, 0.25) is 0 Å². The van der Waals surface area contributed by atoms with Gasteiger partial charge < -0.3 is 0 Å². The molecular weight excluding hydrogens is 289 g/mol. The molecule has 2 nitrogen and oxygen atoms in total. The van der Waals surface area contributed by atoms with E-state index in [-0.39, 0.29) is 9.39 Å². The van der Waals surface area contributed by atoms with E-state index in [0.717, 1.165) is 12.8 Å². The Kier molecular flexibility index (Phi) is 2.44. The van der Waals surface area contributed by atoms with Gasteiger partial charge in [0.1, 0.15) is 9.39 Å². The molecule has 1 aliphatic rings. The van der Waals surface area contributed by atoms with Gasteiger partial charge in [-0.2, -0.15) is 8.78 Å². The first-order valence-corrected chi connectivity index (χ1v) is 5.12. The van der Waals surface area contributed by atoms with E-state index in [2.05, 4.69) is 9.97 Å². The molecule has 1 fully saturated rings. The van der Waals surface area contributed by atoms with Crippen molar-refractivity contribution in [3.63, 3.8) is 0 Å². The van der Waals surface area contributed by atoms with Crippen LogP contribution in [0.15, 0.2) is 0 Å². The molecule has 0 amide bonds. The van der Waals surface area contributed by atoms with Crippen molar-refractivity contribution in [1.29, 1.82) is 0 Å². The number of rotatable bonds is 2. The lowest BCUT2D eigenvalue weighted by Gasteiger charge is -2.00. The summed E-state index contributed by atoms with van der Waals surface area (Å²) < 4.78 is 25.7. The third-order valence-corrected chi connectivity index (χ3v) is 2.88. The van der Waals surface area contributed by atoms with E-state index in [1.165, 1.54) is 0 Å². The van der Waals surface area contributed by atoms with Crippen molar-refractivity contribution in [2.45, 2.75) is 19.3 Å². The summed E-state index contributed by atoms with van der Waals surface area (Å²) in [5, 5.41) is 0. The topological polar surface area (TPSA) is 25.8 Å². The maximum absolute atomic E-state index is 12.9. The summed E-state index contributed by atoms with van der Waals surface area (Å²) in [6.07, 6.45) is 2.85. The van der Waals surface area contributed by atoms with Crippen LogP contribution < -0.4 is 0 Å². The van der Waals surface area contributed by atoms with Crippen LogP contribution in [-0.2, 0) is 6.42 Å². The maximum Gasteiger partial charge on any atom is 0.232 e. The Morgan fingerprint density at radius 1 is 1.23 bits per heavy atom. The van der Waals surface area contributed by atoms with Crippen molar-refractivity contribution in [3.8, 4) is 0 Å². The van der Waals surface area contributed by atoms with E-state index in [4.69, 9.17) is 0 Å². The summed E-state index contributed by atoms with van der Waals surface area (Å²) in [4.78, 5) is 7.18. The standard InChI is InChI=1S/C8H7F2IN2/c9-7-6(11)8(10)13-5(12-7)3-4-1-2-4/h4H,1-3H2. The molecule has 0 N–H and O–H groups in total. The van der Waals surface area contributed by atoms with E-state index in [1.54, 1.807) is 22.6 Å². The van der Waals surface area contributed by atoms with Gasteiger partial charge in [-0.1, -0.05) is 0 Å². The van der Waals surface area contributed by atoms with E-state index in [9.17, 15) is 8.78 Å². The Balaban J connectivity index is 2.25. The molecule has 0 spiro atoms. The molecule has 1 aromatic heterocycles. The first-order valence-electron chi connectivity index (χ1n) is 4.04. The third kappa shape index (κ3) is 2.12. The Morgan fingerprint density at radius 3 is 2.23 bits per heavy atom. The predicted octanol–water partition coefficient (Wildman–Crippen LogP) is 2.31. The molecule has 70 valence electrons. The van der Waals surface area contributed by atoms with Crippen molar-refractivity contribution >= 4 is 22.6 Å². The van der Waals surface area contributed by atoms with Crippen LogP contribution in [0, 0.1) is 21.4 Å². The largest absolute Gasteiger partial charge is 0.232 e. The predicted molar refractivity (Wildman–Crippen MR) is 51.1 cm³/mol. The van der Waals surface area contributed by atoms with Gasteiger partial charge in [-0.3, -0.25) is 0 Å². The molecule has 13 heavy (non-hydrogen) atoms. The number of hydrogen-bond acceptors (Lipinski definition) is 2. The Bertz CT molecular complexity index is 316. The number of aromatic nitrogens is 2. The minimum atomic E-state index is -0.747. The average molecular weight is 296 g/mol. The van der Waals surface area contributed by atoms with Gasteiger partial charge in [-0.05, 0) is 41.4 Å². The molecule has 5 heteroatoms. The molecule has 1 aromatic rings. The lowest BCUT2D eigenvalue weighted by molar-refractivity contribution is 0.496. The molecule has 1 aliphatic carbocycles. The second-order valence-corrected chi connectivity index (χ2v) is 4.26. The van der Waals surface area contributed by atoms with Gasteiger partial charge in [0.25, 0.3) is 0 Å². The Morgan fingerprint density at radius 2 is 1.77 bits per heavy atom. The smallest absolute Gasteiger partial charge is 0.203 e. The van der Waals surface area contributed by atoms with Gasteiger partial charge in [0.2, 0.25) is 11.9 Å². The van der Waals surface area contributed by atoms with Crippen LogP contribution in [-0.4, -0.2) is 9.97 Å². The highest BCUT2D eigenvalue weighted by Crippen LogP contribution is 2.31. The lowest BCUT2D eigenvalue weighted by Crippen LogP contribution is -2.05. The van der Waals surface area contributed by atoms with E-state index >= 15 is 0 Å². The van der Waals surface area contributed by atoms with Crippen molar-refractivity contribution < 1.29 is 8.78 Å². The van der Waals surface area contributed by atoms with Crippen molar-refractivity contribution in [2.24, 2.45) is 5.92 Å². The first-order chi connectivity index (χ1) is 6.16. The molecule has 0 bridgehead atoms. The molecule has 2 rings (SSSR count). The number of hydrogen-bond donors (Lipinski definition) is 0. The second kappa shape index (κ2) is 3.43. The van der Waals surface area contributed by atoms with Crippen molar-refractivity contribution in [2.75, 3.05) is 0 Å². The van der Waals surface area contributed by atoms with Crippen LogP contribution in [0.3, 0.4) is 0 Å². The highest BCUT2D eigenvalue weighted by molar-refractivity contribution is 14.1. The van der Waals surface area contributed by atoms with Gasteiger partial charge in [0.15, 0.2) is 0 Å². The molecule has 0 unspecified atom stereocenters. The fourth-order valence-corrected chi connectivity index (χ4v) is 1.35. The van der Waals surface area contributed by atoms with Crippen LogP contribution >= 0.6 is 22.6 Å². The summed E-state index contributed by atoms with van der Waals surface area (Å²) in [5.74, 6) is -0.663. The monoisotopic (exact) mass is 296 g/mol. The molecule has 1 heterocycles. The molecule has 0 aliphatic heterocycles. The van der Waals surface area contributed by atoms with Crippen LogP contribution in [0.5, 0.6) is 0 Å². The van der Waals surface area contributed by atoms with Gasteiger partial charge in [0.05, 0.1) is 0 Å². The number of halogens is 3. The Labute approximate surface area is 87.9 Å². The SMILES string of the molecule is Fc1nc(CC2CC2)nc(F)c1I. The maximum atomic E-state index is 12.9. The van der Waals surface area contributed by atoms with Gasteiger partial charge >= 0.3 is 0 Å².